The molecule has 0 N–H and O–H groups in total. The monoisotopic (exact) mass is 375 g/mol. The van der Waals surface area contributed by atoms with E-state index in [2.05, 4.69) is 32.7 Å². The zero-order valence-corrected chi connectivity index (χ0v) is 17.7. The SMILES string of the molecule is COCCOCCc1nc(-c2cccc(N(C)C)n2)nn1C(C)C(C)(C)C. The molecule has 0 aromatic carbocycles. The first-order chi connectivity index (χ1) is 12.7. The van der Waals surface area contributed by atoms with Crippen LogP contribution in [0.1, 0.15) is 39.6 Å². The minimum absolute atomic E-state index is 0.0650. The molecule has 0 amide bonds. The summed E-state index contributed by atoms with van der Waals surface area (Å²) in [5, 5.41) is 4.81. The molecule has 0 aliphatic heterocycles. The number of pyridine rings is 1. The lowest BCUT2D eigenvalue weighted by Crippen LogP contribution is -2.25. The Kier molecular flexibility index (Phi) is 7.33. The van der Waals surface area contributed by atoms with Crippen molar-refractivity contribution in [3.63, 3.8) is 0 Å². The predicted octanol–water partition coefficient (Wildman–Crippen LogP) is 3.22. The van der Waals surface area contributed by atoms with E-state index in [1.807, 2.05) is 41.9 Å². The quantitative estimate of drug-likeness (QED) is 0.627. The highest BCUT2D eigenvalue weighted by atomic mass is 16.5. The van der Waals surface area contributed by atoms with Crippen LogP contribution in [0.5, 0.6) is 0 Å². The second-order valence-corrected chi connectivity index (χ2v) is 7.97. The number of nitrogens with zero attached hydrogens (tertiary/aromatic N) is 5. The van der Waals surface area contributed by atoms with Crippen molar-refractivity contribution >= 4 is 5.82 Å². The minimum atomic E-state index is 0.0650. The third-order valence-electron chi connectivity index (χ3n) is 4.65. The molecule has 2 aromatic heterocycles. The van der Waals surface area contributed by atoms with Gasteiger partial charge in [0.1, 0.15) is 17.3 Å². The molecule has 2 heterocycles. The fourth-order valence-corrected chi connectivity index (χ4v) is 2.52. The van der Waals surface area contributed by atoms with Gasteiger partial charge in [-0.25, -0.2) is 14.6 Å². The van der Waals surface area contributed by atoms with E-state index in [0.717, 1.165) is 17.3 Å². The van der Waals surface area contributed by atoms with Crippen LogP contribution in [0.2, 0.25) is 0 Å². The van der Waals surface area contributed by atoms with Crippen LogP contribution in [0.3, 0.4) is 0 Å². The predicted molar refractivity (Wildman–Crippen MR) is 108 cm³/mol. The fraction of sp³-hybridized carbons (Fsp3) is 0.650. The molecule has 0 aliphatic carbocycles. The van der Waals surface area contributed by atoms with Crippen LogP contribution in [-0.2, 0) is 15.9 Å². The third kappa shape index (κ3) is 5.74. The lowest BCUT2D eigenvalue weighted by molar-refractivity contribution is 0.0708. The Morgan fingerprint density at radius 3 is 2.48 bits per heavy atom. The zero-order valence-electron chi connectivity index (χ0n) is 17.7. The second-order valence-electron chi connectivity index (χ2n) is 7.97. The van der Waals surface area contributed by atoms with Gasteiger partial charge in [-0.1, -0.05) is 26.8 Å². The molecule has 7 heteroatoms. The van der Waals surface area contributed by atoms with E-state index in [1.165, 1.54) is 0 Å². The fourth-order valence-electron chi connectivity index (χ4n) is 2.52. The standard InChI is InChI=1S/C20H33N5O2/c1-15(20(2,3)4)25-18(11-12-27-14-13-26-7)22-19(23-25)16-9-8-10-17(21-16)24(5)6/h8-10,15H,11-14H2,1-7H3. The molecular weight excluding hydrogens is 342 g/mol. The molecule has 27 heavy (non-hydrogen) atoms. The van der Waals surface area contributed by atoms with Gasteiger partial charge in [-0.05, 0) is 24.5 Å². The first-order valence-corrected chi connectivity index (χ1v) is 9.41. The zero-order chi connectivity index (χ0) is 20.0. The van der Waals surface area contributed by atoms with Gasteiger partial charge in [0.05, 0.1) is 25.9 Å². The Labute approximate surface area is 162 Å². The van der Waals surface area contributed by atoms with Gasteiger partial charge in [0, 0.05) is 27.6 Å². The number of hydrogen-bond acceptors (Lipinski definition) is 6. The largest absolute Gasteiger partial charge is 0.382 e. The van der Waals surface area contributed by atoms with Crippen LogP contribution in [-0.4, -0.2) is 60.8 Å². The first-order valence-electron chi connectivity index (χ1n) is 9.41. The maximum Gasteiger partial charge on any atom is 0.200 e. The number of ether oxygens (including phenoxy) is 2. The Balaban J connectivity index is 2.30. The van der Waals surface area contributed by atoms with Gasteiger partial charge in [-0.15, -0.1) is 5.10 Å². The highest BCUT2D eigenvalue weighted by Gasteiger charge is 2.26. The van der Waals surface area contributed by atoms with Crippen molar-refractivity contribution in [3.05, 3.63) is 24.0 Å². The molecule has 0 spiro atoms. The van der Waals surface area contributed by atoms with Crippen molar-refractivity contribution < 1.29 is 9.47 Å². The summed E-state index contributed by atoms with van der Waals surface area (Å²) in [6, 6.07) is 6.11. The molecule has 0 saturated heterocycles. The van der Waals surface area contributed by atoms with Gasteiger partial charge in [0.15, 0.2) is 5.82 Å². The van der Waals surface area contributed by atoms with E-state index in [1.54, 1.807) is 7.11 Å². The number of aromatic nitrogens is 4. The molecule has 0 aliphatic rings. The molecule has 1 unspecified atom stereocenters. The summed E-state index contributed by atoms with van der Waals surface area (Å²) in [6.45, 7) is 10.6. The Morgan fingerprint density at radius 2 is 1.85 bits per heavy atom. The van der Waals surface area contributed by atoms with Crippen molar-refractivity contribution in [1.82, 2.24) is 19.7 Å². The van der Waals surface area contributed by atoms with E-state index in [9.17, 15) is 0 Å². The summed E-state index contributed by atoms with van der Waals surface area (Å²) in [5.41, 5.74) is 0.845. The maximum absolute atomic E-state index is 5.64. The average molecular weight is 376 g/mol. The van der Waals surface area contributed by atoms with Gasteiger partial charge >= 0.3 is 0 Å². The van der Waals surface area contributed by atoms with E-state index >= 15 is 0 Å². The van der Waals surface area contributed by atoms with Crippen LogP contribution in [0.25, 0.3) is 11.5 Å². The third-order valence-corrected chi connectivity index (χ3v) is 4.65. The molecule has 0 saturated carbocycles. The summed E-state index contributed by atoms with van der Waals surface area (Å²) >= 11 is 0. The minimum Gasteiger partial charge on any atom is -0.382 e. The molecule has 1 atom stereocenters. The van der Waals surface area contributed by atoms with Crippen molar-refractivity contribution in [2.75, 3.05) is 45.9 Å². The van der Waals surface area contributed by atoms with Crippen molar-refractivity contribution in [2.24, 2.45) is 5.41 Å². The lowest BCUT2D eigenvalue weighted by Gasteiger charge is -2.28. The summed E-state index contributed by atoms with van der Waals surface area (Å²) in [5.74, 6) is 2.46. The van der Waals surface area contributed by atoms with Crippen LogP contribution in [0.15, 0.2) is 18.2 Å². The smallest absolute Gasteiger partial charge is 0.200 e. The molecule has 2 aromatic rings. The molecule has 150 valence electrons. The average Bonchev–Trinajstić information content (AvgIpc) is 3.04. The highest BCUT2D eigenvalue weighted by molar-refractivity contribution is 5.53. The van der Waals surface area contributed by atoms with Crippen LogP contribution in [0.4, 0.5) is 5.82 Å². The topological polar surface area (TPSA) is 65.3 Å². The molecule has 0 fully saturated rings. The first kappa shape index (κ1) is 21.3. The van der Waals surface area contributed by atoms with Crippen molar-refractivity contribution in [2.45, 2.75) is 40.2 Å². The summed E-state index contributed by atoms with van der Waals surface area (Å²) in [7, 11) is 5.62. The van der Waals surface area contributed by atoms with Gasteiger partial charge in [-0.2, -0.15) is 0 Å². The summed E-state index contributed by atoms with van der Waals surface area (Å²) < 4.78 is 12.7. The molecular formula is C20H33N5O2. The van der Waals surface area contributed by atoms with Gasteiger partial charge in [-0.3, -0.25) is 0 Å². The van der Waals surface area contributed by atoms with Gasteiger partial charge < -0.3 is 14.4 Å². The van der Waals surface area contributed by atoms with Gasteiger partial charge in [0.25, 0.3) is 0 Å². The second kappa shape index (κ2) is 9.28. The van der Waals surface area contributed by atoms with Crippen LogP contribution < -0.4 is 4.90 Å². The van der Waals surface area contributed by atoms with Crippen LogP contribution in [0, 0.1) is 5.41 Å². The Bertz CT molecular complexity index is 721. The van der Waals surface area contributed by atoms with Crippen LogP contribution >= 0.6 is 0 Å². The molecule has 0 bridgehead atoms. The van der Waals surface area contributed by atoms with E-state index in [4.69, 9.17) is 19.6 Å². The summed E-state index contributed by atoms with van der Waals surface area (Å²) in [4.78, 5) is 11.4. The van der Waals surface area contributed by atoms with E-state index in [-0.39, 0.29) is 11.5 Å². The van der Waals surface area contributed by atoms with Crippen molar-refractivity contribution in [1.29, 1.82) is 0 Å². The Morgan fingerprint density at radius 1 is 1.11 bits per heavy atom. The maximum atomic E-state index is 5.64. The normalized spacial score (nSPS) is 13.0. The lowest BCUT2D eigenvalue weighted by atomic mass is 9.88. The number of hydrogen-bond donors (Lipinski definition) is 0. The molecule has 7 nitrogen and oxygen atoms in total. The molecule has 2 rings (SSSR count). The molecule has 0 radical (unpaired) electrons. The van der Waals surface area contributed by atoms with Gasteiger partial charge in [0.2, 0.25) is 0 Å². The number of rotatable bonds is 9. The van der Waals surface area contributed by atoms with Crippen molar-refractivity contribution in [3.8, 4) is 11.5 Å². The number of methoxy groups -OCH3 is 1. The summed E-state index contributed by atoms with van der Waals surface area (Å²) in [6.07, 6.45) is 0.699. The Hall–Kier alpha value is -1.99. The van der Waals surface area contributed by atoms with E-state index in [0.29, 0.717) is 32.1 Å². The number of anilines is 1. The highest BCUT2D eigenvalue weighted by Crippen LogP contribution is 2.31. The van der Waals surface area contributed by atoms with E-state index < -0.39 is 0 Å².